The first-order valence-corrected chi connectivity index (χ1v) is 10.3. The highest BCUT2D eigenvalue weighted by molar-refractivity contribution is 6.11. The van der Waals surface area contributed by atoms with Gasteiger partial charge in [-0.2, -0.15) is 0 Å². The average molecular weight is 444 g/mol. The Morgan fingerprint density at radius 2 is 1.53 bits per heavy atom. The molecule has 2 rings (SSSR count). The number of amides is 1. The second kappa shape index (κ2) is 9.51. The normalized spacial score (nSPS) is 11.6. The number of ketones is 1. The van der Waals surface area contributed by atoms with Gasteiger partial charge in [-0.1, -0.05) is 53.7 Å². The van der Waals surface area contributed by atoms with E-state index in [9.17, 15) is 18.8 Å². The molecule has 1 N–H and O–H groups in total. The lowest BCUT2D eigenvalue weighted by atomic mass is 9.79. The first-order valence-electron chi connectivity index (χ1n) is 10.3. The van der Waals surface area contributed by atoms with Gasteiger partial charge in [-0.25, -0.2) is 9.18 Å². The van der Waals surface area contributed by atoms with Gasteiger partial charge in [0.2, 0.25) is 5.91 Å². The third kappa shape index (κ3) is 6.15. The molecule has 0 heterocycles. The molecule has 6 nitrogen and oxygen atoms in total. The van der Waals surface area contributed by atoms with Crippen molar-refractivity contribution in [3.63, 3.8) is 0 Å². The van der Waals surface area contributed by atoms with Crippen LogP contribution in [0.2, 0.25) is 0 Å². The van der Waals surface area contributed by atoms with Crippen LogP contribution >= 0.6 is 0 Å². The van der Waals surface area contributed by atoms with Crippen LogP contribution in [0.1, 0.15) is 69.4 Å². The Labute approximate surface area is 188 Å². The van der Waals surface area contributed by atoms with Crippen molar-refractivity contribution in [3.8, 4) is 5.75 Å². The number of halogens is 1. The Hall–Kier alpha value is -3.22. The van der Waals surface area contributed by atoms with Crippen LogP contribution in [0, 0.1) is 5.82 Å². The molecule has 172 valence electrons. The second-order valence-corrected chi connectivity index (χ2v) is 9.58. The molecule has 0 bridgehead atoms. The van der Waals surface area contributed by atoms with E-state index in [1.54, 1.807) is 6.07 Å². The van der Waals surface area contributed by atoms with E-state index in [-0.39, 0.29) is 22.1 Å². The molecule has 0 radical (unpaired) electrons. The quantitative estimate of drug-likeness (QED) is 0.274. The number of anilines is 1. The minimum Gasteiger partial charge on any atom is -0.437 e. The Morgan fingerprint density at radius 1 is 0.938 bits per heavy atom. The zero-order chi connectivity index (χ0) is 24.3. The SMILES string of the molecule is COC(=O)Oc1cc(NC(=O)CC(=O)c2ccccc2F)c(C(C)(C)C)cc1C(C)(C)C. The summed E-state index contributed by atoms with van der Waals surface area (Å²) >= 11 is 0. The van der Waals surface area contributed by atoms with E-state index in [4.69, 9.17) is 4.74 Å². The number of hydrogen-bond acceptors (Lipinski definition) is 5. The maximum atomic E-state index is 13.9. The summed E-state index contributed by atoms with van der Waals surface area (Å²) in [5.41, 5.74) is 1.07. The lowest BCUT2D eigenvalue weighted by molar-refractivity contribution is -0.115. The van der Waals surface area contributed by atoms with E-state index >= 15 is 0 Å². The number of carbonyl (C=O) groups excluding carboxylic acids is 3. The fourth-order valence-electron chi connectivity index (χ4n) is 3.23. The van der Waals surface area contributed by atoms with E-state index in [1.165, 1.54) is 31.4 Å². The van der Waals surface area contributed by atoms with Crippen LogP contribution in [-0.4, -0.2) is 25.0 Å². The molecule has 0 spiro atoms. The molecule has 0 fully saturated rings. The standard InChI is InChI=1S/C25H30FNO5/c1-24(2,3)16-12-17(25(4,5)6)21(32-23(30)31-7)13-19(16)27-22(29)14-20(28)15-10-8-9-11-18(15)26/h8-13H,14H2,1-7H3,(H,27,29). The molecular weight excluding hydrogens is 413 g/mol. The fraction of sp³-hybridized carbons (Fsp3) is 0.400. The van der Waals surface area contributed by atoms with Gasteiger partial charge in [0.05, 0.1) is 19.1 Å². The molecule has 32 heavy (non-hydrogen) atoms. The number of hydrogen-bond donors (Lipinski definition) is 1. The van der Waals surface area contributed by atoms with Gasteiger partial charge in [0.25, 0.3) is 0 Å². The summed E-state index contributed by atoms with van der Waals surface area (Å²) < 4.78 is 23.9. The minimum atomic E-state index is -0.883. The van der Waals surface area contributed by atoms with E-state index in [0.29, 0.717) is 5.69 Å². The van der Waals surface area contributed by atoms with Crippen LogP contribution in [-0.2, 0) is 20.4 Å². The number of carbonyl (C=O) groups is 3. The van der Waals surface area contributed by atoms with Crippen LogP contribution in [0.5, 0.6) is 5.75 Å². The second-order valence-electron chi connectivity index (χ2n) is 9.58. The van der Waals surface area contributed by atoms with Gasteiger partial charge in [0.15, 0.2) is 5.78 Å². The van der Waals surface area contributed by atoms with Gasteiger partial charge in [-0.05, 0) is 34.6 Å². The molecule has 0 aliphatic heterocycles. The molecule has 0 aromatic heterocycles. The Kier molecular flexibility index (Phi) is 7.44. The van der Waals surface area contributed by atoms with Crippen molar-refractivity contribution < 1.29 is 28.2 Å². The monoisotopic (exact) mass is 443 g/mol. The number of methoxy groups -OCH3 is 1. The van der Waals surface area contributed by atoms with Crippen molar-refractivity contribution in [1.82, 2.24) is 0 Å². The Bertz CT molecular complexity index is 1030. The van der Waals surface area contributed by atoms with Crippen LogP contribution < -0.4 is 10.1 Å². The van der Waals surface area contributed by atoms with Gasteiger partial charge in [0.1, 0.15) is 11.6 Å². The summed E-state index contributed by atoms with van der Waals surface area (Å²) in [5.74, 6) is -1.66. The van der Waals surface area contributed by atoms with Crippen molar-refractivity contribution >= 4 is 23.5 Å². The molecule has 0 saturated heterocycles. The summed E-state index contributed by atoms with van der Waals surface area (Å²) in [5, 5.41) is 2.73. The topological polar surface area (TPSA) is 81.7 Å². The van der Waals surface area contributed by atoms with Crippen molar-refractivity contribution in [2.24, 2.45) is 0 Å². The number of rotatable bonds is 5. The summed E-state index contributed by atoms with van der Waals surface area (Å²) in [6, 6.07) is 8.96. The minimum absolute atomic E-state index is 0.142. The van der Waals surface area contributed by atoms with Gasteiger partial charge in [0, 0.05) is 17.3 Å². The van der Waals surface area contributed by atoms with E-state index < -0.39 is 30.1 Å². The average Bonchev–Trinajstić information content (AvgIpc) is 2.66. The zero-order valence-corrected chi connectivity index (χ0v) is 19.6. The molecule has 7 heteroatoms. The van der Waals surface area contributed by atoms with Crippen molar-refractivity contribution in [2.75, 3.05) is 12.4 Å². The molecule has 0 unspecified atom stereocenters. The number of ether oxygens (including phenoxy) is 2. The first-order chi connectivity index (χ1) is 14.7. The van der Waals surface area contributed by atoms with Crippen LogP contribution in [0.3, 0.4) is 0 Å². The summed E-state index contributed by atoms with van der Waals surface area (Å²) in [4.78, 5) is 36.9. The molecule has 0 atom stereocenters. The van der Waals surface area contributed by atoms with Gasteiger partial charge >= 0.3 is 6.16 Å². The predicted molar refractivity (Wildman–Crippen MR) is 121 cm³/mol. The molecule has 0 aliphatic carbocycles. The molecule has 0 aliphatic rings. The molecule has 0 saturated carbocycles. The van der Waals surface area contributed by atoms with E-state index in [2.05, 4.69) is 10.1 Å². The summed E-state index contributed by atoms with van der Waals surface area (Å²) in [6.45, 7) is 11.9. The highest BCUT2D eigenvalue weighted by Crippen LogP contribution is 2.40. The first kappa shape index (κ1) is 25.0. The number of nitrogens with one attached hydrogen (secondary N) is 1. The van der Waals surface area contributed by atoms with Crippen LogP contribution in [0.15, 0.2) is 36.4 Å². The maximum absolute atomic E-state index is 13.9. The fourth-order valence-corrected chi connectivity index (χ4v) is 3.23. The van der Waals surface area contributed by atoms with Gasteiger partial charge < -0.3 is 14.8 Å². The van der Waals surface area contributed by atoms with E-state index in [1.807, 2.05) is 47.6 Å². The highest BCUT2D eigenvalue weighted by atomic mass is 19.1. The van der Waals surface area contributed by atoms with Gasteiger partial charge in [-0.3, -0.25) is 9.59 Å². The van der Waals surface area contributed by atoms with Gasteiger partial charge in [-0.15, -0.1) is 0 Å². The smallest absolute Gasteiger partial charge is 0.437 e. The van der Waals surface area contributed by atoms with Crippen LogP contribution in [0.4, 0.5) is 14.9 Å². The Balaban J connectivity index is 2.45. The molecular formula is C25H30FNO5. The molecule has 2 aromatic carbocycles. The van der Waals surface area contributed by atoms with Crippen LogP contribution in [0.25, 0.3) is 0 Å². The predicted octanol–water partition coefficient (Wildman–Crippen LogP) is 5.78. The summed E-state index contributed by atoms with van der Waals surface area (Å²) in [6.07, 6.45) is -1.41. The molecule has 1 amide bonds. The lowest BCUT2D eigenvalue weighted by Crippen LogP contribution is -2.24. The van der Waals surface area contributed by atoms with Crippen molar-refractivity contribution in [2.45, 2.75) is 58.8 Å². The Morgan fingerprint density at radius 3 is 2.06 bits per heavy atom. The van der Waals surface area contributed by atoms with Crippen molar-refractivity contribution in [3.05, 3.63) is 58.9 Å². The van der Waals surface area contributed by atoms with Crippen molar-refractivity contribution in [1.29, 1.82) is 0 Å². The largest absolute Gasteiger partial charge is 0.513 e. The van der Waals surface area contributed by atoms with E-state index in [0.717, 1.165) is 11.1 Å². The lowest BCUT2D eigenvalue weighted by Gasteiger charge is -2.29. The summed E-state index contributed by atoms with van der Waals surface area (Å²) in [7, 11) is 1.21. The molecule has 2 aromatic rings. The number of Topliss-reactive ketones (excluding diaryl/α,β-unsaturated/α-hetero) is 1. The highest BCUT2D eigenvalue weighted by Gasteiger charge is 2.28. The third-order valence-corrected chi connectivity index (χ3v) is 4.87. The zero-order valence-electron chi connectivity index (χ0n) is 19.6. The number of benzene rings is 2. The maximum Gasteiger partial charge on any atom is 0.513 e. The third-order valence-electron chi connectivity index (χ3n) is 4.87.